The van der Waals surface area contributed by atoms with Crippen molar-refractivity contribution in [3.05, 3.63) is 40.7 Å². The number of nitrogens with two attached hydrogens (primary N) is 1. The predicted molar refractivity (Wildman–Crippen MR) is 206 cm³/mol. The highest BCUT2D eigenvalue weighted by Crippen LogP contribution is 2.40. The lowest BCUT2D eigenvalue weighted by Crippen LogP contribution is -2.53. The van der Waals surface area contributed by atoms with E-state index in [-0.39, 0.29) is 49.0 Å². The molecule has 6 unspecified atom stereocenters. The molecule has 0 radical (unpaired) electrons. The molecule has 15 nitrogen and oxygen atoms in total. The number of benzene rings is 1. The number of nitrogens with one attached hydrogen (secondary N) is 2. The lowest BCUT2D eigenvalue weighted by molar-refractivity contribution is -0.139. The van der Waals surface area contributed by atoms with Crippen molar-refractivity contribution in [2.45, 2.75) is 116 Å². The molecule has 2 aromatic heterocycles. The highest BCUT2D eigenvalue weighted by atomic mass is 32.2. The fourth-order valence-corrected chi connectivity index (χ4v) is 7.82. The van der Waals surface area contributed by atoms with Crippen molar-refractivity contribution in [2.24, 2.45) is 17.6 Å². The third kappa shape index (κ3) is 11.3. The molecule has 2 fully saturated rings. The van der Waals surface area contributed by atoms with Crippen LogP contribution in [0.3, 0.4) is 0 Å². The molecule has 0 spiro atoms. The number of rotatable bonds is 16. The standard InChI is InChI=1S/C37H48F3N7O8S2/c1-20(2)47-27-15-11-13-23(26-19-56-33(42-26)37(38,39)40)29(27)44-34(47)54-22-17-28(30(41)48)46(18-22)32(50)25(43-35(51)55-36(3,4)5)14-10-8-6-7-9-12-21-16-24(21)31(49)45-57(52)53/h9,11-13,15,19-22,24-25,28H,6-8,10,14,16-18H2,1-5H3,(H2,41,48)(H,43,51)(H,45,49)(H,52,53). The summed E-state index contributed by atoms with van der Waals surface area (Å²) in [7, 11) is 0. The topological polar surface area (TPSA) is 208 Å². The fraction of sp³-hybridized carbons (Fsp3) is 0.568. The summed E-state index contributed by atoms with van der Waals surface area (Å²) in [6.07, 6.45) is 1.27. The molecule has 1 aliphatic heterocycles. The molecule has 1 aromatic carbocycles. The number of nitrogens with zero attached hydrogens (tertiary/aromatic N) is 4. The van der Waals surface area contributed by atoms with Crippen molar-refractivity contribution in [3.63, 3.8) is 0 Å². The molecule has 4 amide bonds. The molecular weight excluding hydrogens is 792 g/mol. The first kappa shape index (κ1) is 43.6. The Kier molecular flexibility index (Phi) is 13.7. The number of alkyl halides is 3. The zero-order valence-corrected chi connectivity index (χ0v) is 33.8. The summed E-state index contributed by atoms with van der Waals surface area (Å²) in [4.78, 5) is 61.4. The zero-order valence-electron chi connectivity index (χ0n) is 32.2. The van der Waals surface area contributed by atoms with Crippen LogP contribution in [0.5, 0.6) is 6.01 Å². The number of thiazole rings is 1. The largest absolute Gasteiger partial charge is 0.459 e. The summed E-state index contributed by atoms with van der Waals surface area (Å²) in [5.41, 5.74) is 6.42. The van der Waals surface area contributed by atoms with Crippen LogP contribution in [0.1, 0.15) is 90.6 Å². The van der Waals surface area contributed by atoms with Gasteiger partial charge < -0.3 is 25.4 Å². The van der Waals surface area contributed by atoms with E-state index in [1.165, 1.54) is 10.3 Å². The number of aromatic nitrogens is 3. The minimum atomic E-state index is -4.60. The van der Waals surface area contributed by atoms with Gasteiger partial charge in [-0.1, -0.05) is 37.1 Å². The SMILES string of the molecule is CC(C)n1c(OC2CC(C(N)=O)N(C(=O)C(CCCCCC=CC3CC3C(=O)NS(=O)O)NC(=O)OC(C)(C)C)C2)nc2c(-c3csc(C(F)(F)F)n3)cccc21. The summed E-state index contributed by atoms with van der Waals surface area (Å²) < 4.78 is 75.4. The highest BCUT2D eigenvalue weighted by Gasteiger charge is 2.44. The van der Waals surface area contributed by atoms with Crippen LogP contribution in [-0.2, 0) is 36.6 Å². The van der Waals surface area contributed by atoms with E-state index in [2.05, 4.69) is 15.3 Å². The van der Waals surface area contributed by atoms with Crippen LogP contribution >= 0.6 is 11.3 Å². The van der Waals surface area contributed by atoms with Gasteiger partial charge in [-0.3, -0.25) is 28.2 Å². The van der Waals surface area contributed by atoms with Gasteiger partial charge in [0.25, 0.3) is 17.3 Å². The number of fused-ring (bicyclic) bond motifs is 1. The monoisotopic (exact) mass is 839 g/mol. The van der Waals surface area contributed by atoms with Crippen LogP contribution in [0.25, 0.3) is 22.3 Å². The van der Waals surface area contributed by atoms with Crippen molar-refractivity contribution < 1.29 is 50.6 Å². The predicted octanol–water partition coefficient (Wildman–Crippen LogP) is 5.88. The molecule has 312 valence electrons. The maximum Gasteiger partial charge on any atom is 0.443 e. The third-order valence-corrected chi connectivity index (χ3v) is 10.7. The maximum atomic E-state index is 14.2. The Morgan fingerprint density at radius 2 is 1.86 bits per heavy atom. The second-order valence-corrected chi connectivity index (χ2v) is 17.0. The number of ether oxygens (including phenoxy) is 2. The van der Waals surface area contributed by atoms with Gasteiger partial charge in [0.2, 0.25) is 17.7 Å². The van der Waals surface area contributed by atoms with Gasteiger partial charge in [0, 0.05) is 29.3 Å². The molecule has 1 saturated carbocycles. The first-order valence-corrected chi connectivity index (χ1v) is 20.6. The van der Waals surface area contributed by atoms with Crippen molar-refractivity contribution in [3.8, 4) is 17.3 Å². The van der Waals surface area contributed by atoms with Gasteiger partial charge >= 0.3 is 12.3 Å². The summed E-state index contributed by atoms with van der Waals surface area (Å²) in [6.45, 7) is 8.79. The molecule has 57 heavy (non-hydrogen) atoms. The molecule has 6 atom stereocenters. The van der Waals surface area contributed by atoms with Crippen LogP contribution in [0.4, 0.5) is 18.0 Å². The quantitative estimate of drug-likeness (QED) is 0.0765. The van der Waals surface area contributed by atoms with Gasteiger partial charge in [0.05, 0.1) is 17.8 Å². The van der Waals surface area contributed by atoms with Crippen molar-refractivity contribution >= 4 is 57.5 Å². The Morgan fingerprint density at radius 3 is 2.49 bits per heavy atom. The van der Waals surface area contributed by atoms with Crippen LogP contribution in [0, 0.1) is 11.8 Å². The molecule has 2 aliphatic rings. The minimum absolute atomic E-state index is 0.0145. The Labute approximate surface area is 334 Å². The number of primary amides is 1. The van der Waals surface area contributed by atoms with E-state index in [9.17, 15) is 36.6 Å². The van der Waals surface area contributed by atoms with E-state index in [1.807, 2.05) is 30.7 Å². The van der Waals surface area contributed by atoms with Crippen LogP contribution in [-0.4, -0.2) is 82.3 Å². The minimum Gasteiger partial charge on any atom is -0.459 e. The number of amides is 4. The average Bonchev–Trinajstić information content (AvgIpc) is 3.40. The van der Waals surface area contributed by atoms with Crippen LogP contribution < -0.4 is 20.5 Å². The van der Waals surface area contributed by atoms with Gasteiger partial charge in [-0.25, -0.2) is 14.0 Å². The van der Waals surface area contributed by atoms with E-state index < -0.39 is 70.1 Å². The summed E-state index contributed by atoms with van der Waals surface area (Å²) in [6, 6.07) is 2.91. The van der Waals surface area contributed by atoms with Crippen molar-refractivity contribution in [1.82, 2.24) is 29.5 Å². The Balaban J connectivity index is 1.28. The number of carbonyl (C=O) groups excluding carboxylic acids is 4. The number of hydrogen-bond acceptors (Lipinski definition) is 10. The van der Waals surface area contributed by atoms with Gasteiger partial charge in [0.15, 0.2) is 5.01 Å². The third-order valence-electron chi connectivity index (χ3n) is 9.47. The van der Waals surface area contributed by atoms with E-state index in [0.717, 1.165) is 6.42 Å². The van der Waals surface area contributed by atoms with E-state index in [4.69, 9.17) is 19.8 Å². The van der Waals surface area contributed by atoms with Gasteiger partial charge in [-0.2, -0.15) is 18.2 Å². The normalized spacial score (nSPS) is 20.8. The lowest BCUT2D eigenvalue weighted by atomic mass is 10.0. The van der Waals surface area contributed by atoms with E-state index >= 15 is 0 Å². The molecule has 5 rings (SSSR count). The number of unbranched alkanes of at least 4 members (excludes halogenated alkanes) is 3. The second kappa shape index (κ2) is 17.9. The second-order valence-electron chi connectivity index (χ2n) is 15.4. The molecule has 0 bridgehead atoms. The first-order chi connectivity index (χ1) is 26.7. The summed E-state index contributed by atoms with van der Waals surface area (Å²) >= 11 is -1.90. The smallest absolute Gasteiger partial charge is 0.443 e. The Bertz CT molecular complexity index is 2010. The molecule has 3 heterocycles. The molecular formula is C37H48F3N7O8S2. The number of alkyl carbamates (subject to hydrolysis) is 1. The van der Waals surface area contributed by atoms with Gasteiger partial charge in [0.1, 0.15) is 29.3 Å². The maximum absolute atomic E-state index is 14.2. The number of para-hydroxylation sites is 1. The van der Waals surface area contributed by atoms with Crippen LogP contribution in [0.2, 0.25) is 0 Å². The molecule has 1 aliphatic carbocycles. The number of imidazole rings is 1. The number of allylic oxidation sites excluding steroid dienone is 2. The summed E-state index contributed by atoms with van der Waals surface area (Å²) in [5.74, 6) is -2.07. The molecule has 5 N–H and O–H groups in total. The molecule has 20 heteroatoms. The number of halogens is 3. The van der Waals surface area contributed by atoms with E-state index in [1.54, 1.807) is 43.5 Å². The summed E-state index contributed by atoms with van der Waals surface area (Å²) in [5, 5.41) is 3.02. The fourth-order valence-electron chi connectivity index (χ4n) is 6.81. The Morgan fingerprint density at radius 1 is 1.12 bits per heavy atom. The number of carbonyl (C=O) groups is 4. The number of likely N-dealkylation sites (tertiary alicyclic amines) is 1. The molecule has 3 aromatic rings. The Hall–Kier alpha value is -4.56. The van der Waals surface area contributed by atoms with Crippen LogP contribution in [0.15, 0.2) is 35.7 Å². The average molecular weight is 840 g/mol. The van der Waals surface area contributed by atoms with Gasteiger partial charge in [-0.15, -0.1) is 11.3 Å². The lowest BCUT2D eigenvalue weighted by Gasteiger charge is -2.28. The number of hydrogen-bond donors (Lipinski definition) is 4. The first-order valence-electron chi connectivity index (χ1n) is 18.6. The highest BCUT2D eigenvalue weighted by molar-refractivity contribution is 7.77. The van der Waals surface area contributed by atoms with Gasteiger partial charge in [-0.05, 0) is 72.3 Å². The van der Waals surface area contributed by atoms with Crippen molar-refractivity contribution in [1.29, 1.82) is 0 Å². The zero-order chi connectivity index (χ0) is 41.8. The van der Waals surface area contributed by atoms with E-state index in [0.29, 0.717) is 53.6 Å². The van der Waals surface area contributed by atoms with Crippen molar-refractivity contribution in [2.75, 3.05) is 6.54 Å². The molecule has 1 saturated heterocycles.